The molecule has 24 heavy (non-hydrogen) atoms. The molecule has 0 aliphatic heterocycles. The van der Waals surface area contributed by atoms with Gasteiger partial charge in [-0.3, -0.25) is 4.79 Å². The molecule has 0 radical (unpaired) electrons. The van der Waals surface area contributed by atoms with Crippen molar-refractivity contribution in [2.45, 2.75) is 19.4 Å². The molecule has 1 atom stereocenters. The third-order valence-electron chi connectivity index (χ3n) is 1.79. The third kappa shape index (κ3) is 16.2. The van der Waals surface area contributed by atoms with Crippen LogP contribution in [-0.2, 0) is 14.4 Å². The van der Waals surface area contributed by atoms with Crippen molar-refractivity contribution in [3.63, 3.8) is 0 Å². The first kappa shape index (κ1) is 26.7. The summed E-state index contributed by atoms with van der Waals surface area (Å²) in [5.74, 6) is -5.24. The first-order valence-electron chi connectivity index (χ1n) is 5.80. The Balaban J connectivity index is -0.000000293. The van der Waals surface area contributed by atoms with Crippen molar-refractivity contribution < 1.29 is 79.4 Å². The summed E-state index contributed by atoms with van der Waals surface area (Å²) in [6.07, 6.45) is -2.54. The standard InChI is InChI=1S/C7H6O3.C4H6O5.C2H4O2.Na/c8-6-4-2-1-3-5(6)7(9)10;5-2(4(8)9)1-3(6)7;1-2(3)4;/h1-4,8H,(H,9,10);2,5H,1H2,(H,6,7)(H,8,9);1H3,(H,3,4);/q;;;+1/p-1. The predicted molar refractivity (Wildman–Crippen MR) is 71.6 cm³/mol. The molecule has 1 aromatic rings. The van der Waals surface area contributed by atoms with Gasteiger partial charge in [0.1, 0.15) is 11.3 Å². The molecule has 0 saturated carbocycles. The molecule has 5 N–H and O–H groups in total. The molecule has 0 heterocycles. The van der Waals surface area contributed by atoms with Crippen LogP contribution in [0, 0.1) is 0 Å². The Bertz CT molecular complexity index is 553. The summed E-state index contributed by atoms with van der Waals surface area (Å²) in [6, 6.07) is 5.81. The zero-order valence-corrected chi connectivity index (χ0v) is 14.9. The second-order valence-electron chi connectivity index (χ2n) is 3.77. The van der Waals surface area contributed by atoms with E-state index in [1.54, 1.807) is 12.1 Å². The molecule has 10 nitrogen and oxygen atoms in total. The van der Waals surface area contributed by atoms with Crippen LogP contribution in [0.4, 0.5) is 0 Å². The number of aliphatic hydroxyl groups is 1. The molecule has 1 rings (SSSR count). The minimum atomic E-state index is -1.79. The van der Waals surface area contributed by atoms with Gasteiger partial charge in [0, 0.05) is 5.97 Å². The Hall–Kier alpha value is -2.14. The van der Waals surface area contributed by atoms with E-state index in [-0.39, 0.29) is 40.9 Å². The van der Waals surface area contributed by atoms with Crippen LogP contribution in [0.25, 0.3) is 0 Å². The number of carboxylic acid groups (broad SMARTS) is 4. The average molecular weight is 354 g/mol. The summed E-state index contributed by atoms with van der Waals surface area (Å²) in [7, 11) is 0. The molecular formula is C13H15NaO10. The van der Waals surface area contributed by atoms with Crippen molar-refractivity contribution in [3.05, 3.63) is 29.8 Å². The number of carbonyl (C=O) groups excluding carboxylic acids is 1. The van der Waals surface area contributed by atoms with Crippen LogP contribution in [0.5, 0.6) is 5.75 Å². The van der Waals surface area contributed by atoms with Gasteiger partial charge in [0.05, 0.1) is 6.42 Å². The number of aromatic hydroxyl groups is 1. The quantitative estimate of drug-likeness (QED) is 0.331. The third-order valence-corrected chi connectivity index (χ3v) is 1.79. The van der Waals surface area contributed by atoms with Gasteiger partial charge >= 0.3 is 47.5 Å². The monoisotopic (exact) mass is 354 g/mol. The molecule has 0 spiro atoms. The van der Waals surface area contributed by atoms with Crippen molar-refractivity contribution in [2.75, 3.05) is 0 Å². The fourth-order valence-corrected chi connectivity index (χ4v) is 0.907. The molecular weight excluding hydrogens is 339 g/mol. The SMILES string of the molecule is CC(=O)[O-].O=C(O)CC(O)C(=O)O.O=C(O)c1ccccc1O.[Na+]. The zero-order chi connectivity index (χ0) is 18.6. The zero-order valence-electron chi connectivity index (χ0n) is 12.9. The number of benzene rings is 1. The number of carbonyl (C=O) groups is 4. The molecule has 1 unspecified atom stereocenters. The first-order valence-corrected chi connectivity index (χ1v) is 5.80. The van der Waals surface area contributed by atoms with Crippen LogP contribution in [-0.4, -0.2) is 55.5 Å². The van der Waals surface area contributed by atoms with E-state index in [9.17, 15) is 14.4 Å². The number of phenols is 1. The van der Waals surface area contributed by atoms with E-state index < -0.39 is 36.4 Å². The molecule has 0 amide bonds. The molecule has 1 aromatic carbocycles. The van der Waals surface area contributed by atoms with E-state index in [2.05, 4.69) is 0 Å². The number of rotatable bonds is 4. The van der Waals surface area contributed by atoms with Crippen LogP contribution in [0.1, 0.15) is 23.7 Å². The van der Waals surface area contributed by atoms with E-state index in [0.29, 0.717) is 0 Å². The van der Waals surface area contributed by atoms with Crippen LogP contribution in [0.2, 0.25) is 0 Å². The Kier molecular flexibility index (Phi) is 16.1. The molecule has 11 heteroatoms. The minimum absolute atomic E-state index is 0. The van der Waals surface area contributed by atoms with Crippen molar-refractivity contribution >= 4 is 23.9 Å². The summed E-state index contributed by atoms with van der Waals surface area (Å²) < 4.78 is 0. The molecule has 0 bridgehead atoms. The Morgan fingerprint density at radius 2 is 1.50 bits per heavy atom. The fraction of sp³-hybridized carbons (Fsp3) is 0.231. The number of aliphatic carboxylic acids is 3. The maximum Gasteiger partial charge on any atom is 1.00 e. The van der Waals surface area contributed by atoms with E-state index in [1.165, 1.54) is 12.1 Å². The van der Waals surface area contributed by atoms with Crippen LogP contribution in [0.15, 0.2) is 24.3 Å². The Labute approximate surface area is 158 Å². The van der Waals surface area contributed by atoms with Crippen molar-refractivity contribution in [3.8, 4) is 5.75 Å². The Morgan fingerprint density at radius 1 is 1.08 bits per heavy atom. The van der Waals surface area contributed by atoms with Crippen LogP contribution in [0.3, 0.4) is 0 Å². The van der Waals surface area contributed by atoms with Gasteiger partial charge in [0.25, 0.3) is 0 Å². The van der Waals surface area contributed by atoms with Gasteiger partial charge in [-0.15, -0.1) is 0 Å². The molecule has 128 valence electrons. The maximum absolute atomic E-state index is 10.3. The van der Waals surface area contributed by atoms with Gasteiger partial charge in [-0.1, -0.05) is 12.1 Å². The molecule has 0 aliphatic rings. The molecule has 0 fully saturated rings. The van der Waals surface area contributed by atoms with Gasteiger partial charge < -0.3 is 35.4 Å². The summed E-state index contributed by atoms with van der Waals surface area (Å²) in [4.78, 5) is 38.6. The smallest absolute Gasteiger partial charge is 0.550 e. The number of carboxylic acids is 4. The largest absolute Gasteiger partial charge is 1.00 e. The maximum atomic E-state index is 10.3. The van der Waals surface area contributed by atoms with E-state index in [4.69, 9.17) is 35.4 Å². The number of hydrogen-bond donors (Lipinski definition) is 5. The predicted octanol–water partition coefficient (Wildman–Crippen LogP) is -4.24. The summed E-state index contributed by atoms with van der Waals surface area (Å²) in [5.41, 5.74) is -0.0671. The number of para-hydroxylation sites is 1. The van der Waals surface area contributed by atoms with Gasteiger partial charge in [0.2, 0.25) is 0 Å². The van der Waals surface area contributed by atoms with E-state index in [1.807, 2.05) is 0 Å². The summed E-state index contributed by atoms with van der Waals surface area (Å²) >= 11 is 0. The van der Waals surface area contributed by atoms with Gasteiger partial charge in [-0.25, -0.2) is 9.59 Å². The molecule has 0 aliphatic carbocycles. The summed E-state index contributed by atoms with van der Waals surface area (Å²) in [5, 5.41) is 50.3. The molecule has 0 aromatic heterocycles. The minimum Gasteiger partial charge on any atom is -0.550 e. The van der Waals surface area contributed by atoms with Gasteiger partial charge in [0.15, 0.2) is 6.10 Å². The normalized spacial score (nSPS) is 9.58. The van der Waals surface area contributed by atoms with E-state index in [0.717, 1.165) is 6.92 Å². The summed E-state index contributed by atoms with van der Waals surface area (Å²) in [6.45, 7) is 0.972. The second-order valence-corrected chi connectivity index (χ2v) is 3.77. The van der Waals surface area contributed by atoms with Crippen molar-refractivity contribution in [1.82, 2.24) is 0 Å². The van der Waals surface area contributed by atoms with Crippen molar-refractivity contribution in [1.29, 1.82) is 0 Å². The average Bonchev–Trinajstić information content (AvgIpc) is 2.38. The second kappa shape index (κ2) is 14.5. The van der Waals surface area contributed by atoms with Gasteiger partial charge in [-0.2, -0.15) is 0 Å². The topological polar surface area (TPSA) is 192 Å². The first-order chi connectivity index (χ1) is 10.5. The molecule has 0 saturated heterocycles. The number of aliphatic hydroxyl groups excluding tert-OH is 1. The van der Waals surface area contributed by atoms with Crippen LogP contribution >= 0.6 is 0 Å². The fourth-order valence-electron chi connectivity index (χ4n) is 0.907. The van der Waals surface area contributed by atoms with Gasteiger partial charge in [-0.05, 0) is 19.1 Å². The Morgan fingerprint density at radius 3 is 1.71 bits per heavy atom. The number of hydrogen-bond acceptors (Lipinski definition) is 7. The van der Waals surface area contributed by atoms with Crippen LogP contribution < -0.4 is 34.7 Å². The number of aromatic carboxylic acids is 1. The van der Waals surface area contributed by atoms with E-state index >= 15 is 0 Å². The van der Waals surface area contributed by atoms with Crippen molar-refractivity contribution in [2.24, 2.45) is 0 Å².